The zero-order chi connectivity index (χ0) is 17.4. The first-order valence-electron chi connectivity index (χ1n) is 7.80. The monoisotopic (exact) mass is 329 g/mol. The number of aryl methyl sites for hydroxylation is 1. The highest BCUT2D eigenvalue weighted by Crippen LogP contribution is 2.36. The number of benzene rings is 2. The molecule has 2 rings (SSSR count). The van der Waals surface area contributed by atoms with E-state index in [1.165, 1.54) is 5.56 Å². The largest absolute Gasteiger partial charge is 0.493 e. The Morgan fingerprint density at radius 3 is 2.38 bits per heavy atom. The van der Waals surface area contributed by atoms with Gasteiger partial charge in [-0.1, -0.05) is 35.9 Å². The third-order valence-electron chi connectivity index (χ3n) is 3.53. The maximum atomic E-state index is 11.9. The number of methoxy groups -OCH3 is 2. The van der Waals surface area contributed by atoms with Crippen molar-refractivity contribution in [2.75, 3.05) is 27.4 Å². The fourth-order valence-corrected chi connectivity index (χ4v) is 2.28. The molecule has 1 N–H and O–H groups in total. The molecule has 0 spiro atoms. The Hall–Kier alpha value is -2.69. The van der Waals surface area contributed by atoms with Gasteiger partial charge in [-0.3, -0.25) is 4.79 Å². The molecule has 5 heteroatoms. The summed E-state index contributed by atoms with van der Waals surface area (Å²) in [7, 11) is 3.14. The normalized spacial score (nSPS) is 10.1. The van der Waals surface area contributed by atoms with Gasteiger partial charge in [0.15, 0.2) is 11.5 Å². The lowest BCUT2D eigenvalue weighted by molar-refractivity contribution is -0.120. The number of carbonyl (C=O) groups is 1. The Bertz CT molecular complexity index is 668. The molecule has 0 heterocycles. The Labute approximate surface area is 142 Å². The third-order valence-corrected chi connectivity index (χ3v) is 3.53. The minimum atomic E-state index is -0.0277. The van der Waals surface area contributed by atoms with Gasteiger partial charge in [0.25, 0.3) is 0 Å². The Morgan fingerprint density at radius 2 is 1.71 bits per heavy atom. The number of carbonyl (C=O) groups excluding carboxylic acids is 1. The van der Waals surface area contributed by atoms with Gasteiger partial charge in [0.1, 0.15) is 6.61 Å². The number of hydrogen-bond donors (Lipinski definition) is 1. The highest BCUT2D eigenvalue weighted by Gasteiger charge is 2.10. The van der Waals surface area contributed by atoms with Gasteiger partial charge in [-0.15, -0.1) is 0 Å². The molecule has 128 valence electrons. The molecule has 0 saturated carbocycles. The summed E-state index contributed by atoms with van der Waals surface area (Å²) in [6.45, 7) is 2.79. The van der Waals surface area contributed by atoms with E-state index in [2.05, 4.69) is 5.32 Å². The second-order valence-corrected chi connectivity index (χ2v) is 5.35. The molecule has 1 amide bonds. The Morgan fingerprint density at radius 1 is 1.00 bits per heavy atom. The predicted molar refractivity (Wildman–Crippen MR) is 92.9 cm³/mol. The smallest absolute Gasteiger partial charge is 0.224 e. The maximum Gasteiger partial charge on any atom is 0.224 e. The molecule has 24 heavy (non-hydrogen) atoms. The molecule has 0 aliphatic heterocycles. The van der Waals surface area contributed by atoms with Crippen LogP contribution in [0.1, 0.15) is 11.1 Å². The molecule has 0 aliphatic carbocycles. The second-order valence-electron chi connectivity index (χ2n) is 5.35. The van der Waals surface area contributed by atoms with Crippen LogP contribution in [0.2, 0.25) is 0 Å². The van der Waals surface area contributed by atoms with Crippen molar-refractivity contribution in [3.63, 3.8) is 0 Å². The third kappa shape index (κ3) is 4.91. The van der Waals surface area contributed by atoms with E-state index in [1.54, 1.807) is 26.4 Å². The summed E-state index contributed by atoms with van der Waals surface area (Å²) in [5.74, 6) is 1.72. The van der Waals surface area contributed by atoms with E-state index in [-0.39, 0.29) is 5.91 Å². The SMILES string of the molecule is COc1cccc(OCCNC(=O)Cc2ccc(C)cc2)c1OC. The van der Waals surface area contributed by atoms with Crippen LogP contribution in [0.25, 0.3) is 0 Å². The molecule has 0 aromatic heterocycles. The van der Waals surface area contributed by atoms with Gasteiger partial charge in [-0.05, 0) is 24.6 Å². The summed E-state index contributed by atoms with van der Waals surface area (Å²) in [5, 5.41) is 2.85. The molecule has 0 saturated heterocycles. The Balaban J connectivity index is 1.78. The number of amides is 1. The number of hydrogen-bond acceptors (Lipinski definition) is 4. The van der Waals surface area contributed by atoms with E-state index < -0.39 is 0 Å². The van der Waals surface area contributed by atoms with Crippen molar-refractivity contribution >= 4 is 5.91 Å². The topological polar surface area (TPSA) is 56.8 Å². The van der Waals surface area contributed by atoms with Gasteiger partial charge >= 0.3 is 0 Å². The van der Waals surface area contributed by atoms with E-state index in [0.717, 1.165) is 5.56 Å². The first-order valence-corrected chi connectivity index (χ1v) is 7.80. The number of para-hydroxylation sites is 1. The fraction of sp³-hybridized carbons (Fsp3) is 0.316. The number of nitrogens with one attached hydrogen (secondary N) is 1. The highest BCUT2D eigenvalue weighted by atomic mass is 16.5. The predicted octanol–water partition coefficient (Wildman–Crippen LogP) is 2.75. The molecule has 0 aliphatic rings. The van der Waals surface area contributed by atoms with Crippen molar-refractivity contribution in [2.24, 2.45) is 0 Å². The van der Waals surface area contributed by atoms with Crippen LogP contribution in [0.15, 0.2) is 42.5 Å². The average molecular weight is 329 g/mol. The van der Waals surface area contributed by atoms with Crippen molar-refractivity contribution in [1.29, 1.82) is 0 Å². The molecule has 2 aromatic carbocycles. The van der Waals surface area contributed by atoms with Crippen LogP contribution in [-0.4, -0.2) is 33.3 Å². The standard InChI is InChI=1S/C19H23NO4/c1-14-7-9-15(10-8-14)13-18(21)20-11-12-24-17-6-4-5-16(22-2)19(17)23-3/h4-10H,11-13H2,1-3H3,(H,20,21). The van der Waals surface area contributed by atoms with Gasteiger partial charge in [-0.25, -0.2) is 0 Å². The zero-order valence-corrected chi connectivity index (χ0v) is 14.3. The molecule has 0 bridgehead atoms. The molecular weight excluding hydrogens is 306 g/mol. The van der Waals surface area contributed by atoms with Crippen molar-refractivity contribution in [2.45, 2.75) is 13.3 Å². The first-order chi connectivity index (χ1) is 11.6. The summed E-state index contributed by atoms with van der Waals surface area (Å²) < 4.78 is 16.2. The Kier molecular flexibility index (Phi) is 6.49. The molecular formula is C19H23NO4. The summed E-state index contributed by atoms with van der Waals surface area (Å²) >= 11 is 0. The molecule has 0 unspecified atom stereocenters. The van der Waals surface area contributed by atoms with E-state index >= 15 is 0 Å². The zero-order valence-electron chi connectivity index (χ0n) is 14.3. The van der Waals surface area contributed by atoms with E-state index in [4.69, 9.17) is 14.2 Å². The van der Waals surface area contributed by atoms with Crippen molar-refractivity contribution in [3.05, 3.63) is 53.6 Å². The lowest BCUT2D eigenvalue weighted by Gasteiger charge is -2.13. The minimum absolute atomic E-state index is 0.0277. The quantitative estimate of drug-likeness (QED) is 0.757. The van der Waals surface area contributed by atoms with Crippen LogP contribution in [0.5, 0.6) is 17.2 Å². The molecule has 5 nitrogen and oxygen atoms in total. The van der Waals surface area contributed by atoms with Gasteiger partial charge in [0.05, 0.1) is 27.2 Å². The van der Waals surface area contributed by atoms with Gasteiger partial charge in [-0.2, -0.15) is 0 Å². The molecule has 0 atom stereocenters. The molecule has 0 fully saturated rings. The summed E-state index contributed by atoms with van der Waals surface area (Å²) in [5.41, 5.74) is 2.17. The summed E-state index contributed by atoms with van der Waals surface area (Å²) in [6, 6.07) is 13.4. The maximum absolute atomic E-state index is 11.9. The van der Waals surface area contributed by atoms with Crippen molar-refractivity contribution in [1.82, 2.24) is 5.32 Å². The van der Waals surface area contributed by atoms with Crippen LogP contribution < -0.4 is 19.5 Å². The average Bonchev–Trinajstić information content (AvgIpc) is 2.60. The van der Waals surface area contributed by atoms with Crippen molar-refractivity contribution < 1.29 is 19.0 Å². The minimum Gasteiger partial charge on any atom is -0.493 e. The van der Waals surface area contributed by atoms with E-state index in [1.807, 2.05) is 37.3 Å². The van der Waals surface area contributed by atoms with Crippen LogP contribution in [0.3, 0.4) is 0 Å². The lowest BCUT2D eigenvalue weighted by Crippen LogP contribution is -2.29. The number of ether oxygens (including phenoxy) is 3. The second kappa shape index (κ2) is 8.82. The van der Waals surface area contributed by atoms with Crippen LogP contribution >= 0.6 is 0 Å². The fourth-order valence-electron chi connectivity index (χ4n) is 2.28. The van der Waals surface area contributed by atoms with Crippen LogP contribution in [0, 0.1) is 6.92 Å². The van der Waals surface area contributed by atoms with Crippen LogP contribution in [0.4, 0.5) is 0 Å². The van der Waals surface area contributed by atoms with Crippen LogP contribution in [-0.2, 0) is 11.2 Å². The van der Waals surface area contributed by atoms with Gasteiger partial charge in [0.2, 0.25) is 11.7 Å². The van der Waals surface area contributed by atoms with Gasteiger partial charge in [0, 0.05) is 0 Å². The summed E-state index contributed by atoms with van der Waals surface area (Å²) in [4.78, 5) is 11.9. The highest BCUT2D eigenvalue weighted by molar-refractivity contribution is 5.78. The number of rotatable bonds is 8. The first kappa shape index (κ1) is 17.7. The van der Waals surface area contributed by atoms with Crippen molar-refractivity contribution in [3.8, 4) is 17.2 Å². The van der Waals surface area contributed by atoms with E-state index in [0.29, 0.717) is 36.8 Å². The summed E-state index contributed by atoms with van der Waals surface area (Å²) in [6.07, 6.45) is 0.364. The molecule has 0 radical (unpaired) electrons. The lowest BCUT2D eigenvalue weighted by atomic mass is 10.1. The molecule has 2 aromatic rings. The van der Waals surface area contributed by atoms with Gasteiger partial charge < -0.3 is 19.5 Å². The van der Waals surface area contributed by atoms with E-state index in [9.17, 15) is 4.79 Å².